The van der Waals surface area contributed by atoms with Crippen molar-refractivity contribution >= 4 is 5.91 Å². The van der Waals surface area contributed by atoms with E-state index in [0.717, 1.165) is 12.0 Å². The van der Waals surface area contributed by atoms with Gasteiger partial charge in [0.25, 0.3) is 0 Å². The summed E-state index contributed by atoms with van der Waals surface area (Å²) in [7, 11) is 4.80. The van der Waals surface area contributed by atoms with Crippen LogP contribution in [0, 0.1) is 17.8 Å². The van der Waals surface area contributed by atoms with E-state index in [4.69, 9.17) is 14.2 Å². The number of methoxy groups -OCH3 is 3. The van der Waals surface area contributed by atoms with Crippen LogP contribution in [0.4, 0.5) is 0 Å². The predicted molar refractivity (Wildman–Crippen MR) is 108 cm³/mol. The lowest BCUT2D eigenvalue weighted by atomic mass is 9.74. The van der Waals surface area contributed by atoms with Gasteiger partial charge in [-0.15, -0.1) is 0 Å². The average molecular weight is 378 g/mol. The van der Waals surface area contributed by atoms with Crippen LogP contribution in [-0.2, 0) is 11.2 Å². The first-order chi connectivity index (χ1) is 12.9. The molecule has 1 amide bonds. The highest BCUT2D eigenvalue weighted by atomic mass is 16.5. The zero-order valence-corrected chi connectivity index (χ0v) is 17.6. The third-order valence-electron chi connectivity index (χ3n) is 5.78. The maximum Gasteiger partial charge on any atom is 0.220 e. The van der Waals surface area contributed by atoms with Crippen LogP contribution in [0.25, 0.3) is 0 Å². The molecule has 3 unspecified atom stereocenters. The van der Waals surface area contributed by atoms with Crippen LogP contribution in [0.2, 0.25) is 0 Å². The minimum atomic E-state index is 0.108. The molecular formula is C22H35NO4. The monoisotopic (exact) mass is 377 g/mol. The topological polar surface area (TPSA) is 56.8 Å². The second kappa shape index (κ2) is 9.86. The predicted octanol–water partition coefficient (Wildman–Crippen LogP) is 4.22. The lowest BCUT2D eigenvalue weighted by Crippen LogP contribution is -2.45. The van der Waals surface area contributed by atoms with Crippen molar-refractivity contribution in [1.82, 2.24) is 5.32 Å². The van der Waals surface area contributed by atoms with E-state index in [1.165, 1.54) is 12.8 Å². The second-order valence-corrected chi connectivity index (χ2v) is 7.99. The highest BCUT2D eigenvalue weighted by Crippen LogP contribution is 2.40. The number of ether oxygens (including phenoxy) is 3. The Kier molecular flexibility index (Phi) is 7.81. The summed E-state index contributed by atoms with van der Waals surface area (Å²) in [4.78, 5) is 12.6. The summed E-state index contributed by atoms with van der Waals surface area (Å²) in [5.41, 5.74) is 0.947. The van der Waals surface area contributed by atoms with Crippen molar-refractivity contribution in [3.8, 4) is 17.2 Å². The molecule has 3 atom stereocenters. The Morgan fingerprint density at radius 2 is 1.81 bits per heavy atom. The molecule has 2 rings (SSSR count). The molecule has 0 saturated heterocycles. The van der Waals surface area contributed by atoms with E-state index >= 15 is 0 Å². The molecule has 27 heavy (non-hydrogen) atoms. The first kappa shape index (κ1) is 21.4. The van der Waals surface area contributed by atoms with Crippen LogP contribution in [0.15, 0.2) is 12.1 Å². The SMILES string of the molecule is COc1ccc(CCC(=O)NC2CC(C)CCC2C(C)C)c(OC)c1OC. The van der Waals surface area contributed by atoms with E-state index in [9.17, 15) is 4.79 Å². The highest BCUT2D eigenvalue weighted by Gasteiger charge is 2.31. The van der Waals surface area contributed by atoms with E-state index in [1.807, 2.05) is 12.1 Å². The van der Waals surface area contributed by atoms with Crippen molar-refractivity contribution < 1.29 is 19.0 Å². The Labute approximate surface area is 163 Å². The maximum atomic E-state index is 12.6. The smallest absolute Gasteiger partial charge is 0.220 e. The minimum absolute atomic E-state index is 0.108. The number of nitrogens with one attached hydrogen (secondary N) is 1. The summed E-state index contributed by atoms with van der Waals surface area (Å²) in [6.45, 7) is 6.80. The van der Waals surface area contributed by atoms with Crippen molar-refractivity contribution in [3.05, 3.63) is 17.7 Å². The first-order valence-electron chi connectivity index (χ1n) is 9.98. The number of benzene rings is 1. The fourth-order valence-electron chi connectivity index (χ4n) is 4.26. The summed E-state index contributed by atoms with van der Waals surface area (Å²) in [6.07, 6.45) is 4.57. The second-order valence-electron chi connectivity index (χ2n) is 7.99. The molecule has 152 valence electrons. The quantitative estimate of drug-likeness (QED) is 0.737. The van der Waals surface area contributed by atoms with E-state index in [1.54, 1.807) is 21.3 Å². The molecule has 1 saturated carbocycles. The van der Waals surface area contributed by atoms with Gasteiger partial charge >= 0.3 is 0 Å². The Morgan fingerprint density at radius 1 is 1.11 bits per heavy atom. The van der Waals surface area contributed by atoms with Gasteiger partial charge < -0.3 is 19.5 Å². The summed E-state index contributed by atoms with van der Waals surface area (Å²) >= 11 is 0. The first-order valence-corrected chi connectivity index (χ1v) is 9.98. The van der Waals surface area contributed by atoms with Gasteiger partial charge in [0.2, 0.25) is 11.7 Å². The molecule has 0 heterocycles. The Morgan fingerprint density at radius 3 is 2.41 bits per heavy atom. The Bertz CT molecular complexity index is 629. The van der Waals surface area contributed by atoms with Crippen molar-refractivity contribution in [2.24, 2.45) is 17.8 Å². The van der Waals surface area contributed by atoms with E-state index in [-0.39, 0.29) is 11.9 Å². The maximum absolute atomic E-state index is 12.6. The molecule has 1 aliphatic rings. The number of aryl methyl sites for hydroxylation is 1. The summed E-state index contributed by atoms with van der Waals surface area (Å²) in [6, 6.07) is 4.08. The normalized spacial score (nSPS) is 22.4. The molecule has 0 radical (unpaired) electrons. The molecule has 1 aliphatic carbocycles. The average Bonchev–Trinajstić information content (AvgIpc) is 2.65. The lowest BCUT2D eigenvalue weighted by Gasteiger charge is -2.37. The number of carbonyl (C=O) groups is 1. The molecule has 0 aliphatic heterocycles. The fourth-order valence-corrected chi connectivity index (χ4v) is 4.26. The van der Waals surface area contributed by atoms with Crippen molar-refractivity contribution in [3.63, 3.8) is 0 Å². The molecule has 1 fully saturated rings. The van der Waals surface area contributed by atoms with Crippen LogP contribution >= 0.6 is 0 Å². The molecule has 1 aromatic rings. The Hall–Kier alpha value is -1.91. The van der Waals surface area contributed by atoms with Gasteiger partial charge in [0.1, 0.15) is 0 Å². The Balaban J connectivity index is 2.02. The van der Waals surface area contributed by atoms with E-state index in [2.05, 4.69) is 26.1 Å². The lowest BCUT2D eigenvalue weighted by molar-refractivity contribution is -0.122. The van der Waals surface area contributed by atoms with Gasteiger partial charge in [0.05, 0.1) is 21.3 Å². The third-order valence-corrected chi connectivity index (χ3v) is 5.78. The van der Waals surface area contributed by atoms with Crippen LogP contribution in [0.1, 0.15) is 52.0 Å². The van der Waals surface area contributed by atoms with Crippen molar-refractivity contribution in [1.29, 1.82) is 0 Å². The summed E-state index contributed by atoms with van der Waals surface area (Å²) in [5.74, 6) is 3.77. The molecule has 5 nitrogen and oxygen atoms in total. The van der Waals surface area contributed by atoms with Crippen LogP contribution in [-0.4, -0.2) is 33.3 Å². The number of rotatable bonds is 8. The molecule has 1 aromatic carbocycles. The van der Waals surface area contributed by atoms with Gasteiger partial charge in [-0.1, -0.05) is 33.3 Å². The number of carbonyl (C=O) groups excluding carboxylic acids is 1. The van der Waals surface area contributed by atoms with Gasteiger partial charge in [0.15, 0.2) is 11.5 Å². The van der Waals surface area contributed by atoms with Crippen molar-refractivity contribution in [2.75, 3.05) is 21.3 Å². The number of amides is 1. The molecule has 0 aromatic heterocycles. The van der Waals surface area contributed by atoms with Crippen molar-refractivity contribution in [2.45, 2.75) is 58.9 Å². The molecule has 0 spiro atoms. The highest BCUT2D eigenvalue weighted by molar-refractivity contribution is 5.76. The molecule has 0 bridgehead atoms. The van der Waals surface area contributed by atoms with Crippen LogP contribution in [0.3, 0.4) is 0 Å². The van der Waals surface area contributed by atoms with Crippen LogP contribution in [0.5, 0.6) is 17.2 Å². The fraction of sp³-hybridized carbons (Fsp3) is 0.682. The summed E-state index contributed by atoms with van der Waals surface area (Å²) < 4.78 is 16.3. The number of hydrogen-bond donors (Lipinski definition) is 1. The molecule has 1 N–H and O–H groups in total. The van der Waals surface area contributed by atoms with Gasteiger partial charge in [-0.3, -0.25) is 4.79 Å². The van der Waals surface area contributed by atoms with Gasteiger partial charge in [-0.05, 0) is 48.6 Å². The van der Waals surface area contributed by atoms with Gasteiger partial charge in [0, 0.05) is 12.5 Å². The van der Waals surface area contributed by atoms with Gasteiger partial charge in [-0.2, -0.15) is 0 Å². The minimum Gasteiger partial charge on any atom is -0.493 e. The third kappa shape index (κ3) is 5.30. The van der Waals surface area contributed by atoms with Crippen LogP contribution < -0.4 is 19.5 Å². The molecule has 5 heteroatoms. The zero-order chi connectivity index (χ0) is 20.0. The summed E-state index contributed by atoms with van der Waals surface area (Å²) in [5, 5.41) is 3.30. The zero-order valence-electron chi connectivity index (χ0n) is 17.6. The van der Waals surface area contributed by atoms with E-state index in [0.29, 0.717) is 47.8 Å². The van der Waals surface area contributed by atoms with E-state index < -0.39 is 0 Å². The number of hydrogen-bond acceptors (Lipinski definition) is 4. The largest absolute Gasteiger partial charge is 0.493 e. The van der Waals surface area contributed by atoms with Gasteiger partial charge in [-0.25, -0.2) is 0 Å². The molecular weight excluding hydrogens is 342 g/mol. The standard InChI is InChI=1S/C22H35NO4/c1-14(2)17-10-7-15(3)13-18(17)23-20(24)12-9-16-8-11-19(25-4)22(27-6)21(16)26-5/h8,11,14-15,17-18H,7,9-10,12-13H2,1-6H3,(H,23,24).